The quantitative estimate of drug-likeness (QED) is 0.895. The highest BCUT2D eigenvalue weighted by molar-refractivity contribution is 7.13. The van der Waals surface area contributed by atoms with E-state index in [1.54, 1.807) is 11.3 Å². The third-order valence-corrected chi connectivity index (χ3v) is 5.86. The minimum atomic E-state index is 0.167. The Morgan fingerprint density at radius 2 is 2.12 bits per heavy atom. The normalized spacial score (nSPS) is 21.6. The second-order valence-electron chi connectivity index (χ2n) is 7.03. The van der Waals surface area contributed by atoms with E-state index >= 15 is 0 Å². The summed E-state index contributed by atoms with van der Waals surface area (Å²) in [5.41, 5.74) is 2.63. The number of hydrogen-bond donors (Lipinski definition) is 1. The molecule has 1 aliphatic carbocycles. The van der Waals surface area contributed by atoms with E-state index in [-0.39, 0.29) is 11.8 Å². The van der Waals surface area contributed by atoms with Gasteiger partial charge in [-0.2, -0.15) is 0 Å². The van der Waals surface area contributed by atoms with E-state index in [0.717, 1.165) is 45.3 Å². The van der Waals surface area contributed by atoms with Gasteiger partial charge in [0, 0.05) is 24.0 Å². The van der Waals surface area contributed by atoms with Gasteiger partial charge in [0.05, 0.1) is 5.92 Å². The largest absolute Gasteiger partial charge is 0.353 e. The predicted molar refractivity (Wildman–Crippen MR) is 98.9 cm³/mol. The van der Waals surface area contributed by atoms with Gasteiger partial charge in [0.15, 0.2) is 0 Å². The highest BCUT2D eigenvalue weighted by atomic mass is 32.1. The lowest BCUT2D eigenvalue weighted by Gasteiger charge is -2.32. The molecule has 1 atom stereocenters. The van der Waals surface area contributed by atoms with Crippen molar-refractivity contribution in [3.63, 3.8) is 0 Å². The van der Waals surface area contributed by atoms with Crippen LogP contribution >= 0.6 is 11.3 Å². The molecule has 0 radical (unpaired) electrons. The Kier molecular flexibility index (Phi) is 4.67. The number of piperidine rings is 1. The minimum Gasteiger partial charge on any atom is -0.353 e. The molecule has 24 heavy (non-hydrogen) atoms. The number of nitrogens with one attached hydrogen (secondary N) is 1. The summed E-state index contributed by atoms with van der Waals surface area (Å²) < 4.78 is 0. The SMILES string of the molecule is O=C(NC1CC1)C1CCCN(Cc2cccc(-c3cccs3)c2)C1. The molecule has 1 amide bonds. The molecule has 4 rings (SSSR count). The van der Waals surface area contributed by atoms with Crippen LogP contribution in [-0.4, -0.2) is 29.9 Å². The first-order valence-electron chi connectivity index (χ1n) is 8.93. The number of likely N-dealkylation sites (tertiary alicyclic amines) is 1. The first kappa shape index (κ1) is 15.9. The van der Waals surface area contributed by atoms with Crippen molar-refractivity contribution in [1.82, 2.24) is 10.2 Å². The van der Waals surface area contributed by atoms with Gasteiger partial charge in [-0.3, -0.25) is 9.69 Å². The van der Waals surface area contributed by atoms with E-state index in [0.29, 0.717) is 6.04 Å². The predicted octanol–water partition coefficient (Wildman–Crippen LogP) is 3.91. The number of rotatable bonds is 5. The monoisotopic (exact) mass is 340 g/mol. The third-order valence-electron chi connectivity index (χ3n) is 4.94. The van der Waals surface area contributed by atoms with Crippen molar-refractivity contribution in [3.8, 4) is 10.4 Å². The second-order valence-corrected chi connectivity index (χ2v) is 7.98. The topological polar surface area (TPSA) is 32.3 Å². The Balaban J connectivity index is 1.39. The van der Waals surface area contributed by atoms with E-state index < -0.39 is 0 Å². The highest BCUT2D eigenvalue weighted by Crippen LogP contribution is 2.27. The number of carbonyl (C=O) groups is 1. The van der Waals surface area contributed by atoms with Crippen LogP contribution in [0.3, 0.4) is 0 Å². The van der Waals surface area contributed by atoms with E-state index in [4.69, 9.17) is 0 Å². The first-order valence-corrected chi connectivity index (χ1v) is 9.81. The fraction of sp³-hybridized carbons (Fsp3) is 0.450. The van der Waals surface area contributed by atoms with Crippen molar-refractivity contribution >= 4 is 17.2 Å². The minimum absolute atomic E-state index is 0.167. The third kappa shape index (κ3) is 3.87. The van der Waals surface area contributed by atoms with Gasteiger partial charge in [0.1, 0.15) is 0 Å². The average molecular weight is 340 g/mol. The van der Waals surface area contributed by atoms with Crippen LogP contribution in [0.15, 0.2) is 41.8 Å². The van der Waals surface area contributed by atoms with Crippen molar-refractivity contribution in [3.05, 3.63) is 47.3 Å². The Bertz CT molecular complexity index is 693. The van der Waals surface area contributed by atoms with Crippen molar-refractivity contribution in [2.75, 3.05) is 13.1 Å². The van der Waals surface area contributed by atoms with Gasteiger partial charge >= 0.3 is 0 Å². The summed E-state index contributed by atoms with van der Waals surface area (Å²) >= 11 is 1.78. The van der Waals surface area contributed by atoms with Crippen LogP contribution in [0.4, 0.5) is 0 Å². The molecule has 3 nitrogen and oxygen atoms in total. The molecule has 2 aliphatic rings. The van der Waals surface area contributed by atoms with E-state index in [1.165, 1.54) is 16.0 Å². The van der Waals surface area contributed by atoms with Gasteiger partial charge in [-0.05, 0) is 60.9 Å². The molecule has 0 spiro atoms. The van der Waals surface area contributed by atoms with Gasteiger partial charge in [-0.25, -0.2) is 0 Å². The second kappa shape index (κ2) is 7.08. The zero-order valence-corrected chi connectivity index (χ0v) is 14.7. The molecule has 4 heteroatoms. The Labute approximate surface area is 147 Å². The maximum Gasteiger partial charge on any atom is 0.224 e. The van der Waals surface area contributed by atoms with E-state index in [2.05, 4.69) is 52.0 Å². The van der Waals surface area contributed by atoms with Crippen molar-refractivity contribution in [1.29, 1.82) is 0 Å². The number of carbonyl (C=O) groups excluding carboxylic acids is 1. The van der Waals surface area contributed by atoms with Crippen LogP contribution < -0.4 is 5.32 Å². The van der Waals surface area contributed by atoms with Crippen LogP contribution in [0.5, 0.6) is 0 Å². The summed E-state index contributed by atoms with van der Waals surface area (Å²) in [6.07, 6.45) is 4.48. The van der Waals surface area contributed by atoms with Crippen LogP contribution in [-0.2, 0) is 11.3 Å². The van der Waals surface area contributed by atoms with Gasteiger partial charge in [0.2, 0.25) is 5.91 Å². The molecule has 1 saturated carbocycles. The summed E-state index contributed by atoms with van der Waals surface area (Å²) in [4.78, 5) is 16.1. The Morgan fingerprint density at radius 1 is 1.21 bits per heavy atom. The van der Waals surface area contributed by atoms with E-state index in [1.807, 2.05) is 0 Å². The molecule has 1 aromatic carbocycles. The molecule has 126 valence electrons. The van der Waals surface area contributed by atoms with E-state index in [9.17, 15) is 4.79 Å². The fourth-order valence-corrected chi connectivity index (χ4v) is 4.21. The van der Waals surface area contributed by atoms with Gasteiger partial charge in [-0.1, -0.05) is 24.3 Å². The smallest absolute Gasteiger partial charge is 0.224 e. The zero-order valence-electron chi connectivity index (χ0n) is 13.9. The summed E-state index contributed by atoms with van der Waals surface area (Å²) in [5.74, 6) is 0.439. The molecular weight excluding hydrogens is 316 g/mol. The number of benzene rings is 1. The van der Waals surface area contributed by atoms with Gasteiger partial charge in [-0.15, -0.1) is 11.3 Å². The van der Waals surface area contributed by atoms with Crippen molar-refractivity contribution < 1.29 is 4.79 Å². The van der Waals surface area contributed by atoms with Crippen LogP contribution in [0.1, 0.15) is 31.2 Å². The summed E-state index contributed by atoms with van der Waals surface area (Å²) in [6.45, 7) is 2.92. The Hall–Kier alpha value is -1.65. The number of nitrogens with zero attached hydrogens (tertiary/aromatic N) is 1. The van der Waals surface area contributed by atoms with Crippen molar-refractivity contribution in [2.24, 2.45) is 5.92 Å². The maximum atomic E-state index is 12.3. The Morgan fingerprint density at radius 3 is 2.92 bits per heavy atom. The molecule has 1 unspecified atom stereocenters. The standard InChI is InChI=1S/C20H24N2OS/c23-20(21-18-8-9-18)17-6-2-10-22(14-17)13-15-4-1-5-16(12-15)19-7-3-11-24-19/h1,3-5,7,11-12,17-18H,2,6,8-10,13-14H2,(H,21,23). The molecular formula is C20H24N2OS. The van der Waals surface area contributed by atoms with Crippen LogP contribution in [0, 0.1) is 5.92 Å². The summed E-state index contributed by atoms with van der Waals surface area (Å²) in [6, 6.07) is 13.5. The molecule has 1 aromatic heterocycles. The average Bonchev–Trinajstić information content (AvgIpc) is 3.24. The number of amides is 1. The molecule has 2 aromatic rings. The molecule has 1 saturated heterocycles. The maximum absolute atomic E-state index is 12.3. The fourth-order valence-electron chi connectivity index (χ4n) is 3.48. The molecule has 0 bridgehead atoms. The molecule has 1 N–H and O–H groups in total. The van der Waals surface area contributed by atoms with Crippen molar-refractivity contribution in [2.45, 2.75) is 38.3 Å². The van der Waals surface area contributed by atoms with Crippen LogP contribution in [0.25, 0.3) is 10.4 Å². The first-order chi connectivity index (χ1) is 11.8. The molecule has 1 aliphatic heterocycles. The summed E-state index contributed by atoms with van der Waals surface area (Å²) in [5, 5.41) is 5.29. The lowest BCUT2D eigenvalue weighted by atomic mass is 9.96. The molecule has 2 heterocycles. The lowest BCUT2D eigenvalue weighted by Crippen LogP contribution is -2.43. The van der Waals surface area contributed by atoms with Gasteiger partial charge in [0.25, 0.3) is 0 Å². The number of hydrogen-bond acceptors (Lipinski definition) is 3. The van der Waals surface area contributed by atoms with Crippen LogP contribution in [0.2, 0.25) is 0 Å². The zero-order chi connectivity index (χ0) is 16.4. The lowest BCUT2D eigenvalue weighted by molar-refractivity contribution is -0.126. The highest BCUT2D eigenvalue weighted by Gasteiger charge is 2.30. The number of thiophene rings is 1. The molecule has 2 fully saturated rings. The summed E-state index contributed by atoms with van der Waals surface area (Å²) in [7, 11) is 0. The van der Waals surface area contributed by atoms with Gasteiger partial charge < -0.3 is 5.32 Å².